The van der Waals surface area contributed by atoms with Crippen molar-refractivity contribution in [3.8, 4) is 0 Å². The SMILES string of the molecule is COC(=O)c1ccc2c(c1)c1c(n2CCCn2ccnc2)CCC(C)(C)C1. The molecule has 3 aromatic rings. The Bertz CT molecular complexity index is 967. The molecule has 0 radical (unpaired) electrons. The lowest BCUT2D eigenvalue weighted by Gasteiger charge is -2.30. The third-order valence-corrected chi connectivity index (χ3v) is 5.76. The molecule has 0 unspecified atom stereocenters. The molecule has 0 saturated carbocycles. The molecule has 5 heteroatoms. The normalized spacial score (nSPS) is 15.7. The van der Waals surface area contributed by atoms with Gasteiger partial charge in [-0.25, -0.2) is 9.78 Å². The fourth-order valence-electron chi connectivity index (χ4n) is 4.31. The van der Waals surface area contributed by atoms with Gasteiger partial charge in [-0.3, -0.25) is 0 Å². The highest BCUT2D eigenvalue weighted by atomic mass is 16.5. The number of nitrogens with zero attached hydrogens (tertiary/aromatic N) is 3. The van der Waals surface area contributed by atoms with Crippen LogP contribution in [0.15, 0.2) is 36.9 Å². The summed E-state index contributed by atoms with van der Waals surface area (Å²) in [6.07, 6.45) is 10.1. The molecule has 1 aromatic carbocycles. The lowest BCUT2D eigenvalue weighted by molar-refractivity contribution is 0.0601. The Kier molecular flexibility index (Phi) is 4.54. The molecule has 0 N–H and O–H groups in total. The monoisotopic (exact) mass is 365 g/mol. The minimum absolute atomic E-state index is 0.270. The molecule has 0 aliphatic heterocycles. The first-order valence-electron chi connectivity index (χ1n) is 9.66. The van der Waals surface area contributed by atoms with Crippen LogP contribution < -0.4 is 0 Å². The minimum Gasteiger partial charge on any atom is -0.465 e. The third kappa shape index (κ3) is 3.38. The summed E-state index contributed by atoms with van der Waals surface area (Å²) in [4.78, 5) is 16.1. The number of fused-ring (bicyclic) bond motifs is 3. The number of esters is 1. The van der Waals surface area contributed by atoms with Crippen molar-refractivity contribution in [3.63, 3.8) is 0 Å². The van der Waals surface area contributed by atoms with E-state index in [9.17, 15) is 4.79 Å². The minimum atomic E-state index is -0.270. The molecule has 0 saturated heterocycles. The largest absolute Gasteiger partial charge is 0.465 e. The number of methoxy groups -OCH3 is 1. The van der Waals surface area contributed by atoms with Gasteiger partial charge in [0.25, 0.3) is 0 Å². The molecule has 5 nitrogen and oxygen atoms in total. The number of benzene rings is 1. The lowest BCUT2D eigenvalue weighted by Crippen LogP contribution is -2.23. The van der Waals surface area contributed by atoms with Crippen LogP contribution in [-0.4, -0.2) is 27.2 Å². The van der Waals surface area contributed by atoms with E-state index < -0.39 is 0 Å². The second-order valence-electron chi connectivity index (χ2n) is 8.30. The number of imidazole rings is 1. The van der Waals surface area contributed by atoms with E-state index in [0.29, 0.717) is 11.0 Å². The number of hydrogen-bond acceptors (Lipinski definition) is 3. The van der Waals surface area contributed by atoms with Crippen LogP contribution in [0.25, 0.3) is 10.9 Å². The first kappa shape index (κ1) is 17.8. The Morgan fingerprint density at radius 1 is 1.30 bits per heavy atom. The molecule has 0 amide bonds. The van der Waals surface area contributed by atoms with Crippen molar-refractivity contribution in [1.82, 2.24) is 14.1 Å². The highest BCUT2D eigenvalue weighted by Crippen LogP contribution is 2.40. The fraction of sp³-hybridized carbons (Fsp3) is 0.455. The Morgan fingerprint density at radius 2 is 2.15 bits per heavy atom. The molecule has 2 aromatic heterocycles. The zero-order valence-electron chi connectivity index (χ0n) is 16.4. The van der Waals surface area contributed by atoms with E-state index in [0.717, 1.165) is 32.4 Å². The summed E-state index contributed by atoms with van der Waals surface area (Å²) in [7, 11) is 1.44. The summed E-state index contributed by atoms with van der Waals surface area (Å²) in [5.41, 5.74) is 5.01. The Morgan fingerprint density at radius 3 is 2.89 bits per heavy atom. The van der Waals surface area contributed by atoms with Crippen LogP contribution in [0.2, 0.25) is 0 Å². The van der Waals surface area contributed by atoms with Crippen molar-refractivity contribution < 1.29 is 9.53 Å². The maximum Gasteiger partial charge on any atom is 0.337 e. The zero-order chi connectivity index (χ0) is 19.0. The molecule has 1 aliphatic carbocycles. The average molecular weight is 365 g/mol. The Balaban J connectivity index is 1.72. The van der Waals surface area contributed by atoms with Crippen molar-refractivity contribution in [3.05, 3.63) is 53.7 Å². The van der Waals surface area contributed by atoms with E-state index in [1.807, 2.05) is 30.9 Å². The van der Waals surface area contributed by atoms with Crippen molar-refractivity contribution in [2.45, 2.75) is 52.6 Å². The van der Waals surface area contributed by atoms with Crippen molar-refractivity contribution in [2.75, 3.05) is 7.11 Å². The molecular formula is C22H27N3O2. The third-order valence-electron chi connectivity index (χ3n) is 5.76. The van der Waals surface area contributed by atoms with Gasteiger partial charge < -0.3 is 13.9 Å². The van der Waals surface area contributed by atoms with E-state index in [4.69, 9.17) is 4.74 Å². The van der Waals surface area contributed by atoms with Crippen LogP contribution in [0.3, 0.4) is 0 Å². The molecule has 0 bridgehead atoms. The number of rotatable bonds is 5. The van der Waals surface area contributed by atoms with Gasteiger partial charge in [-0.2, -0.15) is 0 Å². The number of aryl methyl sites for hydroxylation is 2. The summed E-state index contributed by atoms with van der Waals surface area (Å²) in [6.45, 7) is 6.60. The van der Waals surface area contributed by atoms with Gasteiger partial charge in [-0.05, 0) is 54.9 Å². The summed E-state index contributed by atoms with van der Waals surface area (Å²) >= 11 is 0. The van der Waals surface area contributed by atoms with Gasteiger partial charge in [0.15, 0.2) is 0 Å². The van der Waals surface area contributed by atoms with Crippen LogP contribution >= 0.6 is 0 Å². The van der Waals surface area contributed by atoms with Crippen LogP contribution in [0.4, 0.5) is 0 Å². The summed E-state index contributed by atoms with van der Waals surface area (Å²) in [6, 6.07) is 6.00. The molecule has 0 atom stereocenters. The highest BCUT2D eigenvalue weighted by molar-refractivity contribution is 5.96. The summed E-state index contributed by atoms with van der Waals surface area (Å²) in [5.74, 6) is -0.270. The van der Waals surface area contributed by atoms with Gasteiger partial charge in [-0.15, -0.1) is 0 Å². The smallest absolute Gasteiger partial charge is 0.337 e. The molecule has 27 heavy (non-hydrogen) atoms. The van der Waals surface area contributed by atoms with E-state index in [-0.39, 0.29) is 5.97 Å². The van der Waals surface area contributed by atoms with E-state index in [1.54, 1.807) is 0 Å². The second kappa shape index (κ2) is 6.87. The van der Waals surface area contributed by atoms with Gasteiger partial charge >= 0.3 is 5.97 Å². The molecule has 1 aliphatic rings. The molecular weight excluding hydrogens is 338 g/mol. The van der Waals surface area contributed by atoms with Crippen LogP contribution in [0.5, 0.6) is 0 Å². The Hall–Kier alpha value is -2.56. The maximum absolute atomic E-state index is 12.0. The molecule has 4 rings (SSSR count). The number of carbonyl (C=O) groups excluding carboxylic acids is 1. The number of ether oxygens (including phenoxy) is 1. The standard InChI is InChI=1S/C22H27N3O2/c1-22(2)8-7-20-18(14-22)17-13-16(21(26)27-3)5-6-19(17)25(20)11-4-10-24-12-9-23-15-24/h5-6,9,12-13,15H,4,7-8,10-11,14H2,1-3H3. The summed E-state index contributed by atoms with van der Waals surface area (Å²) < 4.78 is 9.52. The van der Waals surface area contributed by atoms with Gasteiger partial charge in [0.2, 0.25) is 0 Å². The quantitative estimate of drug-likeness (QED) is 0.636. The molecule has 2 heterocycles. The predicted molar refractivity (Wildman–Crippen MR) is 106 cm³/mol. The van der Waals surface area contributed by atoms with E-state index in [1.165, 1.54) is 35.7 Å². The summed E-state index contributed by atoms with van der Waals surface area (Å²) in [5, 5.41) is 1.21. The average Bonchev–Trinajstić information content (AvgIpc) is 3.27. The molecule has 0 fully saturated rings. The van der Waals surface area contributed by atoms with Gasteiger partial charge in [0.05, 0.1) is 19.0 Å². The molecule has 0 spiro atoms. The second-order valence-corrected chi connectivity index (χ2v) is 8.30. The highest BCUT2D eigenvalue weighted by Gasteiger charge is 2.30. The number of hydrogen-bond donors (Lipinski definition) is 0. The fourth-order valence-corrected chi connectivity index (χ4v) is 4.31. The first-order valence-corrected chi connectivity index (χ1v) is 9.66. The van der Waals surface area contributed by atoms with Gasteiger partial charge in [0.1, 0.15) is 0 Å². The van der Waals surface area contributed by atoms with Crippen molar-refractivity contribution >= 4 is 16.9 Å². The van der Waals surface area contributed by atoms with Crippen LogP contribution in [-0.2, 0) is 30.7 Å². The zero-order valence-corrected chi connectivity index (χ0v) is 16.4. The lowest BCUT2D eigenvalue weighted by atomic mass is 9.76. The predicted octanol–water partition coefficient (Wildman–Crippen LogP) is 4.23. The Labute approximate surface area is 160 Å². The first-order chi connectivity index (χ1) is 13.0. The topological polar surface area (TPSA) is 49.0 Å². The van der Waals surface area contributed by atoms with Crippen LogP contribution in [0.1, 0.15) is 48.3 Å². The van der Waals surface area contributed by atoms with Gasteiger partial charge in [0, 0.05) is 42.1 Å². The van der Waals surface area contributed by atoms with E-state index in [2.05, 4.69) is 34.0 Å². The van der Waals surface area contributed by atoms with Gasteiger partial charge in [-0.1, -0.05) is 13.8 Å². The maximum atomic E-state index is 12.0. The van der Waals surface area contributed by atoms with Crippen molar-refractivity contribution in [2.24, 2.45) is 5.41 Å². The van der Waals surface area contributed by atoms with E-state index >= 15 is 0 Å². The number of carbonyl (C=O) groups is 1. The number of aromatic nitrogens is 3. The molecule has 142 valence electrons. The van der Waals surface area contributed by atoms with Crippen molar-refractivity contribution in [1.29, 1.82) is 0 Å². The van der Waals surface area contributed by atoms with Crippen LogP contribution in [0, 0.1) is 5.41 Å².